The first-order valence-corrected chi connectivity index (χ1v) is 12.1. The van der Waals surface area contributed by atoms with Crippen LogP contribution >= 0.6 is 0 Å². The smallest absolute Gasteiger partial charge is 0.189 e. The molecule has 2 heterocycles. The second kappa shape index (κ2) is 9.13. The highest BCUT2D eigenvalue weighted by molar-refractivity contribution is 7.93. The van der Waals surface area contributed by atoms with Crippen LogP contribution in [0.2, 0.25) is 0 Å². The summed E-state index contributed by atoms with van der Waals surface area (Å²) in [5, 5.41) is 7.02. The molecule has 0 saturated carbocycles. The Morgan fingerprint density at radius 2 is 1.70 bits per heavy atom. The molecule has 2 aromatic heterocycles. The minimum absolute atomic E-state index is 0.233. The quantitative estimate of drug-likeness (QED) is 0.366. The maximum absolute atomic E-state index is 12.6. The predicted molar refractivity (Wildman–Crippen MR) is 130 cm³/mol. The van der Waals surface area contributed by atoms with Crippen molar-refractivity contribution in [1.82, 2.24) is 20.4 Å². The predicted octanol–water partition coefficient (Wildman–Crippen LogP) is 4.58. The normalized spacial score (nSPS) is 13.2. The lowest BCUT2D eigenvalue weighted by molar-refractivity contribution is 0.434. The van der Waals surface area contributed by atoms with E-state index in [2.05, 4.69) is 20.4 Å². The van der Waals surface area contributed by atoms with Gasteiger partial charge in [0.15, 0.2) is 17.3 Å². The van der Waals surface area contributed by atoms with Gasteiger partial charge in [-0.1, -0.05) is 41.6 Å². The third-order valence-electron chi connectivity index (χ3n) is 5.34. The van der Waals surface area contributed by atoms with Gasteiger partial charge in [-0.05, 0) is 38.6 Å². The van der Waals surface area contributed by atoms with Gasteiger partial charge in [0.1, 0.15) is 5.69 Å². The molecule has 33 heavy (non-hydrogen) atoms. The fraction of sp³-hybridized carbons (Fsp3) is 0.208. The summed E-state index contributed by atoms with van der Waals surface area (Å²) in [4.78, 5) is 9.40. The Morgan fingerprint density at radius 1 is 1.06 bits per heavy atom. The van der Waals surface area contributed by atoms with Crippen molar-refractivity contribution in [2.24, 2.45) is 0 Å². The maximum atomic E-state index is 12.6. The molecule has 4 rings (SSSR count). The van der Waals surface area contributed by atoms with E-state index in [1.807, 2.05) is 31.3 Å². The van der Waals surface area contributed by atoms with Crippen molar-refractivity contribution in [3.63, 3.8) is 0 Å². The van der Waals surface area contributed by atoms with Crippen LogP contribution in [-0.2, 0) is 16.3 Å². The van der Waals surface area contributed by atoms with E-state index in [9.17, 15) is 4.21 Å². The summed E-state index contributed by atoms with van der Waals surface area (Å²) >= 11 is 0. The summed E-state index contributed by atoms with van der Waals surface area (Å²) in [7, 11) is -0.939. The third-order valence-corrected chi connectivity index (χ3v) is 7.64. The highest BCUT2D eigenvalue weighted by Gasteiger charge is 2.17. The number of rotatable bonds is 7. The summed E-state index contributed by atoms with van der Waals surface area (Å²) in [6, 6.07) is 16.8. The first-order chi connectivity index (χ1) is 15.8. The van der Waals surface area contributed by atoms with E-state index in [1.165, 1.54) is 5.56 Å². The summed E-state index contributed by atoms with van der Waals surface area (Å²) < 4.78 is 26.3. The Bertz CT molecular complexity index is 1360. The lowest BCUT2D eigenvalue weighted by atomic mass is 10.1. The van der Waals surface area contributed by atoms with Gasteiger partial charge < -0.3 is 15.6 Å². The zero-order chi connectivity index (χ0) is 23.6. The second-order valence-corrected chi connectivity index (χ2v) is 10.6. The fourth-order valence-electron chi connectivity index (χ4n) is 3.34. The van der Waals surface area contributed by atoms with Gasteiger partial charge in [-0.2, -0.15) is 0 Å². The minimum atomic E-state index is -2.85. The molecule has 170 valence electrons. The summed E-state index contributed by atoms with van der Waals surface area (Å²) in [5.41, 5.74) is 10.6. The number of aromatic nitrogens is 3. The van der Waals surface area contributed by atoms with Crippen LogP contribution in [0.4, 0.5) is 5.82 Å². The van der Waals surface area contributed by atoms with Crippen LogP contribution in [0.15, 0.2) is 70.2 Å². The minimum Gasteiger partial charge on any atom is -0.382 e. The molecule has 0 saturated heterocycles. The Morgan fingerprint density at radius 3 is 2.33 bits per heavy atom. The monoisotopic (exact) mass is 462 g/mol. The first-order valence-electron chi connectivity index (χ1n) is 10.5. The van der Waals surface area contributed by atoms with Crippen molar-refractivity contribution >= 4 is 15.5 Å². The molecule has 9 heteroatoms. The van der Waals surface area contributed by atoms with E-state index < -0.39 is 9.73 Å². The lowest BCUT2D eigenvalue weighted by Gasteiger charge is -2.12. The van der Waals surface area contributed by atoms with Crippen molar-refractivity contribution in [3.8, 4) is 34.0 Å². The molecular weight excluding hydrogens is 436 g/mol. The van der Waals surface area contributed by atoms with Crippen LogP contribution < -0.4 is 11.1 Å². The number of nitrogens with two attached hydrogens (primary N) is 1. The molecule has 0 bridgehead atoms. The van der Waals surface area contributed by atoms with Gasteiger partial charge in [0.25, 0.3) is 0 Å². The van der Waals surface area contributed by atoms with Gasteiger partial charge in [0.05, 0.1) is 21.6 Å². The van der Waals surface area contributed by atoms with E-state index in [4.69, 9.17) is 15.0 Å². The first kappa shape index (κ1) is 22.6. The van der Waals surface area contributed by atoms with E-state index in [-0.39, 0.29) is 11.1 Å². The molecular formula is C24H26N6O2S. The summed E-state index contributed by atoms with van der Waals surface area (Å²) in [6.07, 6.45) is 1.58. The van der Waals surface area contributed by atoms with Gasteiger partial charge in [-0.15, -0.1) is 0 Å². The van der Waals surface area contributed by atoms with Crippen LogP contribution in [0.5, 0.6) is 0 Å². The van der Waals surface area contributed by atoms with E-state index in [0.29, 0.717) is 27.7 Å². The van der Waals surface area contributed by atoms with Crippen molar-refractivity contribution in [3.05, 3.63) is 66.4 Å². The number of benzene rings is 2. The number of anilines is 1. The zero-order valence-electron chi connectivity index (χ0n) is 18.7. The Labute approximate surface area is 193 Å². The highest BCUT2D eigenvalue weighted by atomic mass is 32.2. The molecule has 0 spiro atoms. The molecule has 0 aliphatic heterocycles. The van der Waals surface area contributed by atoms with Crippen LogP contribution in [0, 0.1) is 4.78 Å². The Kier molecular flexibility index (Phi) is 6.26. The van der Waals surface area contributed by atoms with Crippen molar-refractivity contribution in [2.75, 3.05) is 12.8 Å². The largest absolute Gasteiger partial charge is 0.382 e. The molecule has 8 nitrogen and oxygen atoms in total. The summed E-state index contributed by atoms with van der Waals surface area (Å²) in [5.74, 6) is 0.651. The Balaban J connectivity index is 1.63. The number of hydrogen-bond donors (Lipinski definition) is 3. The lowest BCUT2D eigenvalue weighted by Crippen LogP contribution is -2.12. The van der Waals surface area contributed by atoms with Gasteiger partial charge in [0.2, 0.25) is 0 Å². The second-order valence-electron chi connectivity index (χ2n) is 7.97. The highest BCUT2D eigenvalue weighted by Crippen LogP contribution is 2.30. The topological polar surface area (TPSA) is 131 Å². The molecule has 1 unspecified atom stereocenters. The molecule has 0 radical (unpaired) electrons. The molecule has 4 aromatic rings. The van der Waals surface area contributed by atoms with Gasteiger partial charge >= 0.3 is 0 Å². The zero-order valence-corrected chi connectivity index (χ0v) is 19.5. The summed E-state index contributed by atoms with van der Waals surface area (Å²) in [6.45, 7) is 4.35. The van der Waals surface area contributed by atoms with Crippen molar-refractivity contribution in [2.45, 2.75) is 30.5 Å². The maximum Gasteiger partial charge on any atom is 0.189 e. The molecule has 0 amide bonds. The van der Waals surface area contributed by atoms with Crippen LogP contribution in [0.25, 0.3) is 34.0 Å². The molecule has 0 aliphatic carbocycles. The van der Waals surface area contributed by atoms with Crippen LogP contribution in [0.3, 0.4) is 0 Å². The van der Waals surface area contributed by atoms with E-state index in [0.717, 1.165) is 17.7 Å². The average Bonchev–Trinajstić information content (AvgIpc) is 3.30. The van der Waals surface area contributed by atoms with Crippen LogP contribution in [0.1, 0.15) is 19.4 Å². The number of hydrogen-bond acceptors (Lipinski definition) is 8. The van der Waals surface area contributed by atoms with Gasteiger partial charge in [0, 0.05) is 33.9 Å². The average molecular weight is 463 g/mol. The molecule has 2 aromatic carbocycles. The van der Waals surface area contributed by atoms with Crippen molar-refractivity contribution in [1.29, 1.82) is 4.78 Å². The molecule has 1 atom stereocenters. The fourth-order valence-corrected chi connectivity index (χ4v) is 4.42. The van der Waals surface area contributed by atoms with Crippen molar-refractivity contribution < 1.29 is 8.73 Å². The SMILES string of the molecule is CNCc1ccc(-c2cc(-c3nc(-c4ccc(S(=N)(=O)C(C)C)cc4)cnc3N)on2)cc1. The standard InChI is InChI=1S/C24H26N6O2S/c1-15(2)33(26,31)19-10-8-18(9-11-19)21-14-28-24(25)23(29-21)22-12-20(30-32-22)17-6-4-16(5-7-17)13-27-3/h4-12,14-15,26-27H,13H2,1-3H3,(H2,25,28). The van der Waals surface area contributed by atoms with E-state index >= 15 is 0 Å². The van der Waals surface area contributed by atoms with E-state index in [1.54, 1.807) is 50.4 Å². The van der Waals surface area contributed by atoms with Gasteiger partial charge in [-0.25, -0.2) is 19.0 Å². The van der Waals surface area contributed by atoms with Gasteiger partial charge in [-0.3, -0.25) is 0 Å². The molecule has 0 fully saturated rings. The number of nitrogen functional groups attached to an aromatic ring is 1. The molecule has 4 N–H and O–H groups in total. The third kappa shape index (κ3) is 4.64. The number of nitrogens with zero attached hydrogens (tertiary/aromatic N) is 3. The Hall–Kier alpha value is -3.56. The van der Waals surface area contributed by atoms with Crippen LogP contribution in [-0.4, -0.2) is 31.6 Å². The molecule has 0 aliphatic rings. The number of nitrogens with one attached hydrogen (secondary N) is 2.